The summed E-state index contributed by atoms with van der Waals surface area (Å²) in [4.78, 5) is 0. The third-order valence-electron chi connectivity index (χ3n) is 5.07. The highest BCUT2D eigenvalue weighted by atomic mass is 16.5. The second kappa shape index (κ2) is 8.47. The van der Waals surface area contributed by atoms with Gasteiger partial charge < -0.3 is 19.5 Å². The summed E-state index contributed by atoms with van der Waals surface area (Å²) in [7, 11) is 0. The predicted octanol–water partition coefficient (Wildman–Crippen LogP) is 2.76. The largest absolute Gasteiger partial charge is 0.381 e. The molecule has 21 heavy (non-hydrogen) atoms. The highest BCUT2D eigenvalue weighted by Gasteiger charge is 2.42. The van der Waals surface area contributed by atoms with Gasteiger partial charge in [-0.1, -0.05) is 13.8 Å². The molecule has 0 bridgehead atoms. The maximum absolute atomic E-state index is 6.19. The van der Waals surface area contributed by atoms with Gasteiger partial charge in [-0.2, -0.15) is 0 Å². The van der Waals surface area contributed by atoms with Gasteiger partial charge in [-0.05, 0) is 51.5 Å². The fraction of sp³-hybridized carbons (Fsp3) is 1.00. The number of likely N-dealkylation sites (N-methyl/N-ethyl adjacent to an activating group) is 1. The van der Waals surface area contributed by atoms with Gasteiger partial charge >= 0.3 is 0 Å². The second-order valence-corrected chi connectivity index (χ2v) is 6.38. The molecule has 0 aromatic heterocycles. The molecule has 1 N–H and O–H groups in total. The Balaban J connectivity index is 2.04. The molecular formula is C17H33NO3. The lowest BCUT2D eigenvalue weighted by molar-refractivity contribution is -0.155. The molecule has 2 saturated heterocycles. The van der Waals surface area contributed by atoms with E-state index in [0.717, 1.165) is 65.1 Å². The van der Waals surface area contributed by atoms with Crippen molar-refractivity contribution in [1.82, 2.24) is 5.32 Å². The van der Waals surface area contributed by atoms with Gasteiger partial charge in [0.15, 0.2) is 0 Å². The summed E-state index contributed by atoms with van der Waals surface area (Å²) in [6.45, 7) is 10.9. The first-order valence-corrected chi connectivity index (χ1v) is 8.81. The molecule has 2 aliphatic rings. The Kier molecular flexibility index (Phi) is 6.93. The van der Waals surface area contributed by atoms with Gasteiger partial charge in [0.25, 0.3) is 0 Å². The van der Waals surface area contributed by atoms with Crippen LogP contribution in [0, 0.1) is 5.92 Å². The van der Waals surface area contributed by atoms with Crippen LogP contribution in [-0.2, 0) is 14.2 Å². The van der Waals surface area contributed by atoms with Gasteiger partial charge in [0, 0.05) is 32.5 Å². The molecule has 0 aromatic rings. The molecule has 4 nitrogen and oxygen atoms in total. The topological polar surface area (TPSA) is 39.7 Å². The normalized spacial score (nSPS) is 28.4. The van der Waals surface area contributed by atoms with E-state index in [4.69, 9.17) is 14.2 Å². The first-order valence-electron chi connectivity index (χ1n) is 8.81. The first-order chi connectivity index (χ1) is 10.2. The van der Waals surface area contributed by atoms with Crippen LogP contribution >= 0.6 is 0 Å². The number of rotatable bonds is 7. The number of nitrogens with one attached hydrogen (secondary N) is 1. The average molecular weight is 299 g/mol. The Morgan fingerprint density at radius 3 is 2.57 bits per heavy atom. The van der Waals surface area contributed by atoms with Crippen molar-refractivity contribution in [2.24, 2.45) is 5.92 Å². The van der Waals surface area contributed by atoms with E-state index in [1.54, 1.807) is 0 Å². The van der Waals surface area contributed by atoms with Crippen molar-refractivity contribution in [3.63, 3.8) is 0 Å². The fourth-order valence-electron chi connectivity index (χ4n) is 3.99. The third kappa shape index (κ3) is 4.41. The highest BCUT2D eigenvalue weighted by molar-refractivity contribution is 4.94. The van der Waals surface area contributed by atoms with Crippen molar-refractivity contribution >= 4 is 0 Å². The molecule has 0 radical (unpaired) electrons. The Morgan fingerprint density at radius 1 is 1.19 bits per heavy atom. The lowest BCUT2D eigenvalue weighted by Crippen LogP contribution is -2.53. The van der Waals surface area contributed by atoms with E-state index in [1.165, 1.54) is 0 Å². The molecule has 0 amide bonds. The van der Waals surface area contributed by atoms with Gasteiger partial charge in [0.05, 0.1) is 11.7 Å². The predicted molar refractivity (Wildman–Crippen MR) is 84.6 cm³/mol. The minimum absolute atomic E-state index is 0.0688. The van der Waals surface area contributed by atoms with Gasteiger partial charge in [-0.25, -0.2) is 0 Å². The maximum Gasteiger partial charge on any atom is 0.0729 e. The van der Waals surface area contributed by atoms with Crippen LogP contribution in [0.5, 0.6) is 0 Å². The van der Waals surface area contributed by atoms with Crippen LogP contribution in [0.25, 0.3) is 0 Å². The summed E-state index contributed by atoms with van der Waals surface area (Å²) < 4.78 is 17.7. The lowest BCUT2D eigenvalue weighted by Gasteiger charge is -2.46. The Morgan fingerprint density at radius 2 is 1.95 bits per heavy atom. The zero-order valence-electron chi connectivity index (χ0n) is 14.0. The van der Waals surface area contributed by atoms with E-state index in [9.17, 15) is 0 Å². The van der Waals surface area contributed by atoms with Gasteiger partial charge in [0.2, 0.25) is 0 Å². The number of hydrogen-bond donors (Lipinski definition) is 1. The fourth-order valence-corrected chi connectivity index (χ4v) is 3.99. The molecule has 2 aliphatic heterocycles. The molecule has 4 heteroatoms. The molecular weight excluding hydrogens is 266 g/mol. The van der Waals surface area contributed by atoms with Crippen LogP contribution in [0.3, 0.4) is 0 Å². The third-order valence-corrected chi connectivity index (χ3v) is 5.07. The summed E-state index contributed by atoms with van der Waals surface area (Å²) in [5.41, 5.74) is 0.0688. The second-order valence-electron chi connectivity index (χ2n) is 6.38. The molecule has 0 saturated carbocycles. The lowest BCUT2D eigenvalue weighted by atomic mass is 9.76. The minimum atomic E-state index is 0.0688. The van der Waals surface area contributed by atoms with E-state index in [-0.39, 0.29) is 5.60 Å². The van der Waals surface area contributed by atoms with Crippen molar-refractivity contribution < 1.29 is 14.2 Å². The quantitative estimate of drug-likeness (QED) is 0.784. The maximum atomic E-state index is 6.19. The summed E-state index contributed by atoms with van der Waals surface area (Å²) in [5, 5.41) is 3.70. The van der Waals surface area contributed by atoms with Gasteiger partial charge in [-0.3, -0.25) is 0 Å². The van der Waals surface area contributed by atoms with Crippen molar-refractivity contribution in [2.75, 3.05) is 33.0 Å². The standard InChI is InChI=1S/C17H33NO3/c1-4-15(20-6-3)16(18-5-2)14-7-10-21-17(13-14)8-11-19-12-9-17/h14-16,18H,4-13H2,1-3H3. The zero-order chi connectivity index (χ0) is 15.1. The minimum Gasteiger partial charge on any atom is -0.381 e. The van der Waals surface area contributed by atoms with Crippen molar-refractivity contribution in [3.8, 4) is 0 Å². The molecule has 0 aromatic carbocycles. The van der Waals surface area contributed by atoms with Crippen molar-refractivity contribution in [2.45, 2.75) is 70.6 Å². The zero-order valence-corrected chi connectivity index (χ0v) is 14.0. The molecule has 0 aliphatic carbocycles. The Labute approximate surface area is 129 Å². The first kappa shape index (κ1) is 17.2. The highest BCUT2D eigenvalue weighted by Crippen LogP contribution is 2.39. The summed E-state index contributed by atoms with van der Waals surface area (Å²) >= 11 is 0. The van der Waals surface area contributed by atoms with Crippen molar-refractivity contribution in [1.29, 1.82) is 0 Å². The number of hydrogen-bond acceptors (Lipinski definition) is 4. The van der Waals surface area contributed by atoms with E-state index in [2.05, 4.69) is 26.1 Å². The van der Waals surface area contributed by atoms with E-state index in [0.29, 0.717) is 18.1 Å². The van der Waals surface area contributed by atoms with Gasteiger partial charge in [-0.15, -0.1) is 0 Å². The van der Waals surface area contributed by atoms with Crippen LogP contribution in [0.1, 0.15) is 52.9 Å². The van der Waals surface area contributed by atoms with E-state index >= 15 is 0 Å². The van der Waals surface area contributed by atoms with Crippen LogP contribution < -0.4 is 5.32 Å². The monoisotopic (exact) mass is 299 g/mol. The smallest absolute Gasteiger partial charge is 0.0729 e. The molecule has 3 unspecified atom stereocenters. The number of ether oxygens (including phenoxy) is 3. The average Bonchev–Trinajstić information content (AvgIpc) is 2.51. The molecule has 2 fully saturated rings. The Bertz CT molecular complexity index is 286. The summed E-state index contributed by atoms with van der Waals surface area (Å²) in [5.74, 6) is 0.647. The van der Waals surface area contributed by atoms with Crippen LogP contribution in [0.2, 0.25) is 0 Å². The van der Waals surface area contributed by atoms with Crippen LogP contribution in [0.15, 0.2) is 0 Å². The Hall–Kier alpha value is -0.160. The van der Waals surface area contributed by atoms with E-state index < -0.39 is 0 Å². The molecule has 3 atom stereocenters. The van der Waals surface area contributed by atoms with Gasteiger partial charge in [0.1, 0.15) is 0 Å². The van der Waals surface area contributed by atoms with E-state index in [1.807, 2.05) is 0 Å². The van der Waals surface area contributed by atoms with Crippen LogP contribution in [-0.4, -0.2) is 50.7 Å². The van der Waals surface area contributed by atoms with Crippen molar-refractivity contribution in [3.05, 3.63) is 0 Å². The molecule has 1 spiro atoms. The summed E-state index contributed by atoms with van der Waals surface area (Å²) in [6.07, 6.45) is 5.78. The molecule has 2 rings (SSSR count). The summed E-state index contributed by atoms with van der Waals surface area (Å²) in [6, 6.07) is 0.448. The molecule has 124 valence electrons. The van der Waals surface area contributed by atoms with Crippen LogP contribution in [0.4, 0.5) is 0 Å². The molecule has 2 heterocycles. The SMILES string of the molecule is CCNC(C1CCOC2(CCOCC2)C1)C(CC)OCC.